The van der Waals surface area contributed by atoms with Crippen LogP contribution in [0.3, 0.4) is 0 Å². The molecule has 18 heavy (non-hydrogen) atoms. The summed E-state index contributed by atoms with van der Waals surface area (Å²) >= 11 is 0. The third-order valence-corrected chi connectivity index (χ3v) is 3.36. The lowest BCUT2D eigenvalue weighted by molar-refractivity contribution is -0.135. The van der Waals surface area contributed by atoms with Crippen LogP contribution in [0.2, 0.25) is 0 Å². The highest BCUT2D eigenvalue weighted by Crippen LogP contribution is 2.17. The third kappa shape index (κ3) is 2.76. The molecule has 1 fully saturated rings. The fourth-order valence-electron chi connectivity index (χ4n) is 2.38. The molecule has 0 saturated carbocycles. The van der Waals surface area contributed by atoms with E-state index in [1.165, 1.54) is 0 Å². The van der Waals surface area contributed by atoms with E-state index < -0.39 is 6.04 Å². The van der Waals surface area contributed by atoms with Crippen molar-refractivity contribution >= 4 is 12.2 Å². The number of likely N-dealkylation sites (tertiary alicyclic amines) is 1. The molecule has 1 saturated heterocycles. The molecule has 0 aromatic heterocycles. The highest BCUT2D eigenvalue weighted by atomic mass is 16.2. The minimum absolute atomic E-state index is 0.117. The minimum Gasteiger partial charge on any atom is -0.332 e. The Hall–Kier alpha value is -1.68. The zero-order valence-corrected chi connectivity index (χ0v) is 10.3. The van der Waals surface area contributed by atoms with Crippen molar-refractivity contribution in [2.24, 2.45) is 5.73 Å². The highest BCUT2D eigenvalue weighted by Gasteiger charge is 2.31. The number of hydrogen-bond acceptors (Lipinski definition) is 3. The summed E-state index contributed by atoms with van der Waals surface area (Å²) in [5.41, 5.74) is 6.98. The lowest BCUT2D eigenvalue weighted by Crippen LogP contribution is -2.47. The lowest BCUT2D eigenvalue weighted by Gasteiger charge is -2.24. The van der Waals surface area contributed by atoms with Gasteiger partial charge >= 0.3 is 0 Å². The molecular weight excluding hydrogens is 228 g/mol. The van der Waals surface area contributed by atoms with Gasteiger partial charge in [-0.1, -0.05) is 30.3 Å². The molecule has 4 nitrogen and oxygen atoms in total. The summed E-state index contributed by atoms with van der Waals surface area (Å²) in [5.74, 6) is -0.117. The number of amides is 1. The summed E-state index contributed by atoms with van der Waals surface area (Å²) in [6, 6.07) is 8.85. The first-order valence-electron chi connectivity index (χ1n) is 6.27. The van der Waals surface area contributed by atoms with E-state index >= 15 is 0 Å². The van der Waals surface area contributed by atoms with Crippen LogP contribution in [-0.4, -0.2) is 35.7 Å². The van der Waals surface area contributed by atoms with Gasteiger partial charge in [0.1, 0.15) is 6.29 Å². The largest absolute Gasteiger partial charge is 0.332 e. The number of benzene rings is 1. The van der Waals surface area contributed by atoms with Crippen LogP contribution in [0.1, 0.15) is 18.4 Å². The number of nitrogens with zero attached hydrogens (tertiary/aromatic N) is 1. The van der Waals surface area contributed by atoms with Gasteiger partial charge in [0.25, 0.3) is 0 Å². The first-order valence-corrected chi connectivity index (χ1v) is 6.27. The quantitative estimate of drug-likeness (QED) is 0.797. The number of hydrogen-bond donors (Lipinski definition) is 1. The molecule has 1 aliphatic rings. The Balaban J connectivity index is 1.98. The number of aldehydes is 1. The number of carbonyl (C=O) groups is 2. The van der Waals surface area contributed by atoms with Crippen LogP contribution >= 0.6 is 0 Å². The summed E-state index contributed by atoms with van der Waals surface area (Å²) in [6.07, 6.45) is 3.00. The van der Waals surface area contributed by atoms with Crippen molar-refractivity contribution in [1.29, 1.82) is 0 Å². The maximum absolute atomic E-state index is 12.2. The Kier molecular flexibility index (Phi) is 4.10. The molecule has 2 rings (SSSR count). The molecule has 1 aliphatic heterocycles. The van der Waals surface area contributed by atoms with Crippen molar-refractivity contribution in [3.05, 3.63) is 35.9 Å². The second-order valence-electron chi connectivity index (χ2n) is 4.67. The van der Waals surface area contributed by atoms with Crippen LogP contribution < -0.4 is 5.73 Å². The number of carbonyl (C=O) groups excluding carboxylic acids is 2. The van der Waals surface area contributed by atoms with Crippen LogP contribution in [-0.2, 0) is 16.0 Å². The molecule has 4 heteroatoms. The minimum atomic E-state index is -0.562. The Labute approximate surface area is 107 Å². The second kappa shape index (κ2) is 5.78. The highest BCUT2D eigenvalue weighted by molar-refractivity contribution is 5.85. The average molecular weight is 246 g/mol. The SMILES string of the molecule is N[C@H](Cc1ccccc1)C(=O)N1CCC[C@H]1C=O. The van der Waals surface area contributed by atoms with E-state index in [2.05, 4.69) is 0 Å². The van der Waals surface area contributed by atoms with Gasteiger partial charge in [-0.2, -0.15) is 0 Å². The summed E-state index contributed by atoms with van der Waals surface area (Å²) < 4.78 is 0. The van der Waals surface area contributed by atoms with Gasteiger partial charge < -0.3 is 15.4 Å². The van der Waals surface area contributed by atoms with Gasteiger partial charge in [0.15, 0.2) is 0 Å². The van der Waals surface area contributed by atoms with E-state index in [-0.39, 0.29) is 11.9 Å². The fraction of sp³-hybridized carbons (Fsp3) is 0.429. The zero-order chi connectivity index (χ0) is 13.0. The molecule has 1 amide bonds. The van der Waals surface area contributed by atoms with Gasteiger partial charge in [0.05, 0.1) is 12.1 Å². The maximum Gasteiger partial charge on any atom is 0.240 e. The van der Waals surface area contributed by atoms with Gasteiger partial charge in [0, 0.05) is 6.54 Å². The van der Waals surface area contributed by atoms with Gasteiger partial charge in [-0.15, -0.1) is 0 Å². The predicted molar refractivity (Wildman–Crippen MR) is 68.9 cm³/mol. The van der Waals surface area contributed by atoms with Crippen molar-refractivity contribution in [1.82, 2.24) is 4.90 Å². The topological polar surface area (TPSA) is 63.4 Å². The first-order chi connectivity index (χ1) is 8.72. The maximum atomic E-state index is 12.2. The molecule has 1 heterocycles. The predicted octanol–water partition coefficient (Wildman–Crippen LogP) is 0.746. The molecule has 2 atom stereocenters. The van der Waals surface area contributed by atoms with E-state index in [9.17, 15) is 9.59 Å². The van der Waals surface area contributed by atoms with Crippen molar-refractivity contribution in [2.45, 2.75) is 31.3 Å². The van der Waals surface area contributed by atoms with E-state index in [1.807, 2.05) is 30.3 Å². The summed E-state index contributed by atoms with van der Waals surface area (Å²) in [7, 11) is 0. The van der Waals surface area contributed by atoms with Gasteiger partial charge in [-0.05, 0) is 24.8 Å². The van der Waals surface area contributed by atoms with E-state index in [0.717, 1.165) is 24.7 Å². The van der Waals surface area contributed by atoms with Crippen LogP contribution in [0.15, 0.2) is 30.3 Å². The zero-order valence-electron chi connectivity index (χ0n) is 10.3. The van der Waals surface area contributed by atoms with Crippen LogP contribution in [0.25, 0.3) is 0 Å². The van der Waals surface area contributed by atoms with Crippen LogP contribution in [0.5, 0.6) is 0 Å². The molecule has 0 aliphatic carbocycles. The monoisotopic (exact) mass is 246 g/mol. The van der Waals surface area contributed by atoms with Crippen LogP contribution in [0.4, 0.5) is 0 Å². The molecule has 1 aromatic carbocycles. The normalized spacial score (nSPS) is 20.7. The average Bonchev–Trinajstić information content (AvgIpc) is 2.87. The van der Waals surface area contributed by atoms with Crippen molar-refractivity contribution < 1.29 is 9.59 Å². The van der Waals surface area contributed by atoms with E-state index in [0.29, 0.717) is 13.0 Å². The molecule has 0 bridgehead atoms. The second-order valence-corrected chi connectivity index (χ2v) is 4.67. The Morgan fingerprint density at radius 3 is 2.83 bits per heavy atom. The smallest absolute Gasteiger partial charge is 0.240 e. The fourth-order valence-corrected chi connectivity index (χ4v) is 2.38. The molecule has 0 spiro atoms. The third-order valence-electron chi connectivity index (χ3n) is 3.36. The van der Waals surface area contributed by atoms with Crippen molar-refractivity contribution in [3.8, 4) is 0 Å². The Bertz CT molecular complexity index is 419. The molecule has 96 valence electrons. The molecule has 0 unspecified atom stereocenters. The van der Waals surface area contributed by atoms with Crippen molar-refractivity contribution in [3.63, 3.8) is 0 Å². The molecule has 2 N–H and O–H groups in total. The Morgan fingerprint density at radius 2 is 2.17 bits per heavy atom. The molecule has 0 radical (unpaired) electrons. The van der Waals surface area contributed by atoms with Crippen LogP contribution in [0, 0.1) is 0 Å². The van der Waals surface area contributed by atoms with Gasteiger partial charge in [0.2, 0.25) is 5.91 Å². The summed E-state index contributed by atoms with van der Waals surface area (Å²) in [6.45, 7) is 0.644. The Morgan fingerprint density at radius 1 is 1.44 bits per heavy atom. The molecular formula is C14H18N2O2. The standard InChI is InChI=1S/C14H18N2O2/c15-13(9-11-5-2-1-3-6-11)14(18)16-8-4-7-12(16)10-17/h1-3,5-6,10,12-13H,4,7-9,15H2/t12-,13+/m0/s1. The summed E-state index contributed by atoms with van der Waals surface area (Å²) in [4.78, 5) is 24.6. The first kappa shape index (κ1) is 12.8. The van der Waals surface area contributed by atoms with E-state index in [1.54, 1.807) is 4.90 Å². The number of nitrogens with two attached hydrogens (primary N) is 1. The molecule has 1 aromatic rings. The number of rotatable bonds is 4. The van der Waals surface area contributed by atoms with E-state index in [4.69, 9.17) is 5.73 Å². The summed E-state index contributed by atoms with van der Waals surface area (Å²) in [5, 5.41) is 0. The van der Waals surface area contributed by atoms with Gasteiger partial charge in [-0.25, -0.2) is 0 Å². The van der Waals surface area contributed by atoms with Gasteiger partial charge in [-0.3, -0.25) is 4.79 Å². The van der Waals surface area contributed by atoms with Crippen molar-refractivity contribution in [2.75, 3.05) is 6.54 Å². The lowest BCUT2D eigenvalue weighted by atomic mass is 10.1.